The summed E-state index contributed by atoms with van der Waals surface area (Å²) in [4.78, 5) is 13.7. The lowest BCUT2D eigenvalue weighted by Gasteiger charge is -2.15. The molecule has 6 heteroatoms. The summed E-state index contributed by atoms with van der Waals surface area (Å²) < 4.78 is 17.1. The highest BCUT2D eigenvalue weighted by Gasteiger charge is 2.15. The van der Waals surface area contributed by atoms with Gasteiger partial charge in [0.25, 0.3) is 5.91 Å². The first kappa shape index (κ1) is 20.7. The van der Waals surface area contributed by atoms with Crippen molar-refractivity contribution in [2.45, 2.75) is 19.9 Å². The minimum Gasteiger partial charge on any atom is -0.490 e. The monoisotopic (exact) mass is 411 g/mol. The zero-order valence-corrected chi connectivity index (χ0v) is 17.4. The molecule has 0 saturated heterocycles. The standard InChI is InChI=1S/C23H25NO4S/c1-3-26-21-16-18(23(25)24-17(2)22-10-7-15-29-22)11-12-20(21)28-14-13-27-19-8-5-4-6-9-19/h4-12,15-17H,3,13-14H2,1-2H3,(H,24,25). The normalized spacial score (nSPS) is 11.5. The number of nitrogens with one attached hydrogen (secondary N) is 1. The molecule has 0 aliphatic rings. The molecule has 1 N–H and O–H groups in total. The summed E-state index contributed by atoms with van der Waals surface area (Å²) >= 11 is 1.62. The van der Waals surface area contributed by atoms with E-state index in [1.807, 2.05) is 61.7 Å². The Morgan fingerprint density at radius 1 is 0.966 bits per heavy atom. The zero-order chi connectivity index (χ0) is 20.5. The fourth-order valence-electron chi connectivity index (χ4n) is 2.75. The average Bonchev–Trinajstić information content (AvgIpc) is 3.28. The van der Waals surface area contributed by atoms with E-state index >= 15 is 0 Å². The van der Waals surface area contributed by atoms with Gasteiger partial charge in [-0.2, -0.15) is 0 Å². The number of hydrogen-bond donors (Lipinski definition) is 1. The highest BCUT2D eigenvalue weighted by molar-refractivity contribution is 7.10. The second-order valence-corrected chi connectivity index (χ2v) is 7.29. The van der Waals surface area contributed by atoms with E-state index in [-0.39, 0.29) is 11.9 Å². The molecule has 0 aliphatic carbocycles. The molecule has 3 rings (SSSR count). The number of ether oxygens (including phenoxy) is 3. The molecule has 5 nitrogen and oxygen atoms in total. The topological polar surface area (TPSA) is 56.8 Å². The molecule has 1 atom stereocenters. The van der Waals surface area contributed by atoms with Crippen LogP contribution in [0.5, 0.6) is 17.2 Å². The van der Waals surface area contributed by atoms with Crippen LogP contribution in [0.4, 0.5) is 0 Å². The van der Waals surface area contributed by atoms with Gasteiger partial charge in [0, 0.05) is 10.4 Å². The van der Waals surface area contributed by atoms with Gasteiger partial charge in [-0.25, -0.2) is 0 Å². The first-order chi connectivity index (χ1) is 14.2. The van der Waals surface area contributed by atoms with Crippen LogP contribution in [0, 0.1) is 0 Å². The number of benzene rings is 2. The molecule has 0 radical (unpaired) electrons. The number of amides is 1. The van der Waals surface area contributed by atoms with Gasteiger partial charge in [-0.1, -0.05) is 24.3 Å². The predicted octanol–water partition coefficient (Wildman–Crippen LogP) is 5.10. The summed E-state index contributed by atoms with van der Waals surface area (Å²) in [5, 5.41) is 5.01. The molecule has 1 amide bonds. The third-order valence-electron chi connectivity index (χ3n) is 4.18. The summed E-state index contributed by atoms with van der Waals surface area (Å²) in [6, 6.07) is 18.7. The van der Waals surface area contributed by atoms with Crippen molar-refractivity contribution in [3.8, 4) is 17.2 Å². The van der Waals surface area contributed by atoms with Crippen LogP contribution in [0.15, 0.2) is 66.0 Å². The van der Waals surface area contributed by atoms with Crippen molar-refractivity contribution in [1.29, 1.82) is 0 Å². The molecule has 1 heterocycles. The van der Waals surface area contributed by atoms with Gasteiger partial charge in [0.15, 0.2) is 11.5 Å². The van der Waals surface area contributed by atoms with Crippen molar-refractivity contribution in [2.24, 2.45) is 0 Å². The van der Waals surface area contributed by atoms with Gasteiger partial charge in [0.05, 0.1) is 12.6 Å². The first-order valence-electron chi connectivity index (χ1n) is 9.59. The summed E-state index contributed by atoms with van der Waals surface area (Å²) in [5.74, 6) is 1.79. The minimum atomic E-state index is -0.147. The Labute approximate surface area is 175 Å². The van der Waals surface area contributed by atoms with Crippen LogP contribution in [0.3, 0.4) is 0 Å². The van der Waals surface area contributed by atoms with Crippen LogP contribution >= 0.6 is 11.3 Å². The largest absolute Gasteiger partial charge is 0.490 e. The summed E-state index contributed by atoms with van der Waals surface area (Å²) in [6.07, 6.45) is 0. The highest BCUT2D eigenvalue weighted by atomic mass is 32.1. The average molecular weight is 412 g/mol. The van der Waals surface area contributed by atoms with Crippen molar-refractivity contribution < 1.29 is 19.0 Å². The van der Waals surface area contributed by atoms with Crippen LogP contribution in [-0.2, 0) is 0 Å². The molecule has 3 aromatic rings. The van der Waals surface area contributed by atoms with Gasteiger partial charge in [0.1, 0.15) is 19.0 Å². The molecule has 0 spiro atoms. The minimum absolute atomic E-state index is 0.0518. The Bertz CT molecular complexity index is 897. The van der Waals surface area contributed by atoms with E-state index in [1.54, 1.807) is 29.5 Å². The quantitative estimate of drug-likeness (QED) is 0.472. The Balaban J connectivity index is 1.59. The Kier molecular flexibility index (Phi) is 7.53. The molecule has 0 bridgehead atoms. The van der Waals surface area contributed by atoms with E-state index in [9.17, 15) is 4.79 Å². The molecule has 1 unspecified atom stereocenters. The van der Waals surface area contributed by atoms with Gasteiger partial charge in [-0.15, -0.1) is 11.3 Å². The fourth-order valence-corrected chi connectivity index (χ4v) is 3.49. The SMILES string of the molecule is CCOc1cc(C(=O)NC(C)c2cccs2)ccc1OCCOc1ccccc1. The van der Waals surface area contributed by atoms with E-state index in [2.05, 4.69) is 5.32 Å². The molecule has 29 heavy (non-hydrogen) atoms. The number of carbonyl (C=O) groups excluding carboxylic acids is 1. The van der Waals surface area contributed by atoms with E-state index in [4.69, 9.17) is 14.2 Å². The lowest BCUT2D eigenvalue weighted by Crippen LogP contribution is -2.26. The third-order valence-corrected chi connectivity index (χ3v) is 5.23. The molecule has 0 fully saturated rings. The van der Waals surface area contributed by atoms with Crippen molar-refractivity contribution in [3.63, 3.8) is 0 Å². The Morgan fingerprint density at radius 3 is 2.48 bits per heavy atom. The predicted molar refractivity (Wildman–Crippen MR) is 115 cm³/mol. The summed E-state index contributed by atoms with van der Waals surface area (Å²) in [5.41, 5.74) is 0.532. The van der Waals surface area contributed by atoms with E-state index in [0.717, 1.165) is 10.6 Å². The maximum Gasteiger partial charge on any atom is 0.251 e. The van der Waals surface area contributed by atoms with Crippen molar-refractivity contribution in [1.82, 2.24) is 5.32 Å². The lowest BCUT2D eigenvalue weighted by molar-refractivity contribution is 0.0940. The molecule has 1 aromatic heterocycles. The van der Waals surface area contributed by atoms with Crippen LogP contribution < -0.4 is 19.5 Å². The Morgan fingerprint density at radius 2 is 1.76 bits per heavy atom. The smallest absolute Gasteiger partial charge is 0.251 e. The second kappa shape index (κ2) is 10.5. The Hall–Kier alpha value is -2.99. The van der Waals surface area contributed by atoms with Gasteiger partial charge < -0.3 is 19.5 Å². The van der Waals surface area contributed by atoms with E-state index in [1.165, 1.54) is 0 Å². The zero-order valence-electron chi connectivity index (χ0n) is 16.6. The number of rotatable bonds is 10. The van der Waals surface area contributed by atoms with Gasteiger partial charge in [-0.3, -0.25) is 4.79 Å². The maximum absolute atomic E-state index is 12.6. The van der Waals surface area contributed by atoms with Crippen LogP contribution in [0.25, 0.3) is 0 Å². The summed E-state index contributed by atoms with van der Waals surface area (Å²) in [6.45, 7) is 5.13. The van der Waals surface area contributed by atoms with Crippen LogP contribution in [-0.4, -0.2) is 25.7 Å². The maximum atomic E-state index is 12.6. The van der Waals surface area contributed by atoms with Crippen LogP contribution in [0.2, 0.25) is 0 Å². The van der Waals surface area contributed by atoms with Crippen LogP contribution in [0.1, 0.15) is 35.1 Å². The number of carbonyl (C=O) groups is 1. The lowest BCUT2D eigenvalue weighted by atomic mass is 10.1. The van der Waals surface area contributed by atoms with Crippen molar-refractivity contribution in [3.05, 3.63) is 76.5 Å². The number of para-hydroxylation sites is 1. The van der Waals surface area contributed by atoms with Gasteiger partial charge in [0.2, 0.25) is 0 Å². The molecular formula is C23H25NO4S. The molecular weight excluding hydrogens is 386 g/mol. The first-order valence-corrected chi connectivity index (χ1v) is 10.5. The van der Waals surface area contributed by atoms with Crippen molar-refractivity contribution >= 4 is 17.2 Å². The number of hydrogen-bond acceptors (Lipinski definition) is 5. The molecule has 0 saturated carbocycles. The molecule has 152 valence electrons. The van der Waals surface area contributed by atoms with Gasteiger partial charge in [-0.05, 0) is 55.6 Å². The number of thiophene rings is 1. The van der Waals surface area contributed by atoms with Gasteiger partial charge >= 0.3 is 0 Å². The van der Waals surface area contributed by atoms with Crippen molar-refractivity contribution in [2.75, 3.05) is 19.8 Å². The van der Waals surface area contributed by atoms with E-state index in [0.29, 0.717) is 36.9 Å². The highest BCUT2D eigenvalue weighted by Crippen LogP contribution is 2.29. The summed E-state index contributed by atoms with van der Waals surface area (Å²) in [7, 11) is 0. The second-order valence-electron chi connectivity index (χ2n) is 6.32. The fraction of sp³-hybridized carbons (Fsp3) is 0.261. The molecule has 0 aliphatic heterocycles. The van der Waals surface area contributed by atoms with E-state index < -0.39 is 0 Å². The molecule has 2 aromatic carbocycles. The third kappa shape index (κ3) is 5.99.